The van der Waals surface area contributed by atoms with E-state index in [0.717, 1.165) is 49.9 Å². The summed E-state index contributed by atoms with van der Waals surface area (Å²) in [7, 11) is 0. The van der Waals surface area contributed by atoms with Crippen LogP contribution in [0.4, 0.5) is 5.69 Å². The third-order valence-corrected chi connectivity index (χ3v) is 6.97. The summed E-state index contributed by atoms with van der Waals surface area (Å²) in [6.45, 7) is 11.6. The highest BCUT2D eigenvalue weighted by Crippen LogP contribution is 2.52. The molecule has 3 heteroatoms. The highest BCUT2D eigenvalue weighted by molar-refractivity contribution is 5.93. The van der Waals surface area contributed by atoms with Crippen molar-refractivity contribution in [1.29, 1.82) is 0 Å². The normalized spacial score (nSPS) is 22.8. The van der Waals surface area contributed by atoms with Gasteiger partial charge < -0.3 is 9.32 Å². The monoisotopic (exact) mass is 337 g/mol. The molecule has 0 amide bonds. The lowest BCUT2D eigenvalue weighted by atomic mass is 9.69. The van der Waals surface area contributed by atoms with Crippen LogP contribution in [0.5, 0.6) is 0 Å². The Balaban J connectivity index is 1.99. The number of anilines is 1. The van der Waals surface area contributed by atoms with Crippen molar-refractivity contribution in [2.75, 3.05) is 18.0 Å². The number of fused-ring (bicyclic) bond motifs is 4. The van der Waals surface area contributed by atoms with Crippen molar-refractivity contribution in [2.45, 2.75) is 70.6 Å². The third kappa shape index (κ3) is 1.95. The summed E-state index contributed by atoms with van der Waals surface area (Å²) >= 11 is 0. The zero-order valence-electron chi connectivity index (χ0n) is 15.8. The van der Waals surface area contributed by atoms with Crippen molar-refractivity contribution in [2.24, 2.45) is 0 Å². The molecule has 0 saturated heterocycles. The minimum absolute atomic E-state index is 0.0380. The number of aryl methyl sites for hydroxylation is 1. The van der Waals surface area contributed by atoms with Crippen LogP contribution in [-0.2, 0) is 23.7 Å². The van der Waals surface area contributed by atoms with Gasteiger partial charge in [-0.05, 0) is 60.1 Å². The Labute approximate surface area is 149 Å². The van der Waals surface area contributed by atoms with Crippen LogP contribution in [0.3, 0.4) is 0 Å². The van der Waals surface area contributed by atoms with Crippen molar-refractivity contribution < 1.29 is 4.42 Å². The van der Waals surface area contributed by atoms with Crippen LogP contribution >= 0.6 is 0 Å². The molecule has 0 saturated carbocycles. The summed E-state index contributed by atoms with van der Waals surface area (Å²) in [6.07, 6.45) is 5.26. The third-order valence-electron chi connectivity index (χ3n) is 6.97. The quantitative estimate of drug-likeness (QED) is 0.666. The average molecular weight is 337 g/mol. The van der Waals surface area contributed by atoms with Gasteiger partial charge in [-0.1, -0.05) is 27.7 Å². The number of hydrogen-bond donors (Lipinski definition) is 0. The Bertz CT molecular complexity index is 962. The van der Waals surface area contributed by atoms with Gasteiger partial charge in [-0.25, -0.2) is 4.79 Å². The Hall–Kier alpha value is -1.77. The molecule has 3 aliphatic rings. The lowest BCUT2D eigenvalue weighted by molar-refractivity contribution is 0.398. The van der Waals surface area contributed by atoms with Gasteiger partial charge in [-0.15, -0.1) is 0 Å². The maximum atomic E-state index is 12.6. The van der Waals surface area contributed by atoms with E-state index in [9.17, 15) is 4.79 Å². The second-order valence-electron chi connectivity index (χ2n) is 9.48. The van der Waals surface area contributed by atoms with E-state index in [4.69, 9.17) is 4.42 Å². The van der Waals surface area contributed by atoms with E-state index >= 15 is 0 Å². The summed E-state index contributed by atoms with van der Waals surface area (Å²) in [4.78, 5) is 15.2. The van der Waals surface area contributed by atoms with Crippen molar-refractivity contribution in [3.63, 3.8) is 0 Å². The molecule has 25 heavy (non-hydrogen) atoms. The molecule has 1 aromatic heterocycles. The Morgan fingerprint density at radius 1 is 1.00 bits per heavy atom. The summed E-state index contributed by atoms with van der Waals surface area (Å²) < 4.78 is 6.00. The predicted molar refractivity (Wildman–Crippen MR) is 102 cm³/mol. The molecular formula is C22H27NO2. The first-order valence-electron chi connectivity index (χ1n) is 9.71. The topological polar surface area (TPSA) is 33.5 Å². The van der Waals surface area contributed by atoms with Crippen molar-refractivity contribution >= 4 is 16.7 Å². The van der Waals surface area contributed by atoms with Gasteiger partial charge in [-0.3, -0.25) is 0 Å². The molecule has 2 aliphatic heterocycles. The fourth-order valence-electron chi connectivity index (χ4n) is 5.30. The zero-order chi connectivity index (χ0) is 17.6. The summed E-state index contributed by atoms with van der Waals surface area (Å²) in [5.74, 6) is 0. The second kappa shape index (κ2) is 4.69. The maximum Gasteiger partial charge on any atom is 0.339 e. The molecule has 0 spiro atoms. The van der Waals surface area contributed by atoms with E-state index in [-0.39, 0.29) is 16.5 Å². The van der Waals surface area contributed by atoms with Crippen LogP contribution in [0.1, 0.15) is 69.2 Å². The highest BCUT2D eigenvalue weighted by atomic mass is 16.4. The second-order valence-corrected chi connectivity index (χ2v) is 9.48. The average Bonchev–Trinajstić information content (AvgIpc) is 3.03. The van der Waals surface area contributed by atoms with Crippen LogP contribution < -0.4 is 10.5 Å². The van der Waals surface area contributed by atoms with E-state index in [1.165, 1.54) is 34.2 Å². The molecular weight excluding hydrogens is 310 g/mol. The molecule has 0 fully saturated rings. The fourth-order valence-corrected chi connectivity index (χ4v) is 5.30. The minimum atomic E-state index is -0.0980. The summed E-state index contributed by atoms with van der Waals surface area (Å²) in [5, 5.41) is 1.21. The molecule has 0 bridgehead atoms. The Morgan fingerprint density at radius 2 is 1.68 bits per heavy atom. The van der Waals surface area contributed by atoms with E-state index in [1.807, 2.05) is 0 Å². The lowest BCUT2D eigenvalue weighted by Crippen LogP contribution is -2.44. The highest BCUT2D eigenvalue weighted by Gasteiger charge is 2.42. The minimum Gasteiger partial charge on any atom is -0.422 e. The molecule has 0 atom stereocenters. The molecule has 1 aliphatic carbocycles. The van der Waals surface area contributed by atoms with Gasteiger partial charge in [0.15, 0.2) is 0 Å². The van der Waals surface area contributed by atoms with E-state index in [0.29, 0.717) is 0 Å². The van der Waals surface area contributed by atoms with Gasteiger partial charge in [0.1, 0.15) is 5.58 Å². The maximum absolute atomic E-state index is 12.6. The SMILES string of the molecule is CC1(C)CCN2CCC(C)(C)c3c2c1cc1c2c(c(=O)oc31)CCC2. The first-order chi connectivity index (χ1) is 11.8. The molecule has 3 nitrogen and oxygen atoms in total. The van der Waals surface area contributed by atoms with Gasteiger partial charge in [0.05, 0.1) is 0 Å². The Morgan fingerprint density at radius 3 is 2.44 bits per heavy atom. The summed E-state index contributed by atoms with van der Waals surface area (Å²) in [5.41, 5.74) is 7.28. The molecule has 5 rings (SSSR count). The smallest absolute Gasteiger partial charge is 0.339 e. The van der Waals surface area contributed by atoms with E-state index in [1.54, 1.807) is 0 Å². The number of hydrogen-bond acceptors (Lipinski definition) is 3. The number of benzene rings is 1. The standard InChI is InChI=1S/C22H27NO2/c1-21(2)8-10-23-11-9-22(3,4)17-18(23)16(21)12-15-13-6-5-7-14(13)20(24)25-19(15)17/h12H,5-11H2,1-4H3. The number of nitrogens with zero attached hydrogens (tertiary/aromatic N) is 1. The first-order valence-corrected chi connectivity index (χ1v) is 9.71. The van der Waals surface area contributed by atoms with Gasteiger partial charge >= 0.3 is 5.63 Å². The van der Waals surface area contributed by atoms with Crippen LogP contribution in [0.2, 0.25) is 0 Å². The van der Waals surface area contributed by atoms with Gasteiger partial charge in [0.25, 0.3) is 0 Å². The number of rotatable bonds is 0. The van der Waals surface area contributed by atoms with E-state index in [2.05, 4.69) is 38.7 Å². The molecule has 1 aromatic carbocycles. The van der Waals surface area contributed by atoms with Crippen LogP contribution in [-0.4, -0.2) is 13.1 Å². The van der Waals surface area contributed by atoms with Gasteiger partial charge in [0, 0.05) is 35.3 Å². The molecule has 0 radical (unpaired) electrons. The molecule has 2 aromatic rings. The largest absolute Gasteiger partial charge is 0.422 e. The van der Waals surface area contributed by atoms with Crippen molar-refractivity contribution in [3.8, 4) is 0 Å². The van der Waals surface area contributed by atoms with Gasteiger partial charge in [0.2, 0.25) is 0 Å². The van der Waals surface area contributed by atoms with Gasteiger partial charge in [-0.2, -0.15) is 0 Å². The molecule has 0 unspecified atom stereocenters. The molecule has 132 valence electrons. The first kappa shape index (κ1) is 15.5. The lowest BCUT2D eigenvalue weighted by Gasteiger charge is -2.48. The van der Waals surface area contributed by atoms with Crippen molar-refractivity contribution in [1.82, 2.24) is 0 Å². The molecule has 0 N–H and O–H groups in total. The predicted octanol–water partition coefficient (Wildman–Crippen LogP) is 4.45. The summed E-state index contributed by atoms with van der Waals surface area (Å²) in [6, 6.07) is 2.37. The van der Waals surface area contributed by atoms with Crippen LogP contribution in [0, 0.1) is 0 Å². The zero-order valence-corrected chi connectivity index (χ0v) is 15.8. The van der Waals surface area contributed by atoms with E-state index < -0.39 is 0 Å². The molecule has 3 heterocycles. The van der Waals surface area contributed by atoms with Crippen LogP contribution in [0.15, 0.2) is 15.3 Å². The van der Waals surface area contributed by atoms with Crippen molar-refractivity contribution in [3.05, 3.63) is 38.7 Å². The fraction of sp³-hybridized carbons (Fsp3) is 0.591. The Kier molecular flexibility index (Phi) is 2.90. The van der Waals surface area contributed by atoms with Crippen LogP contribution in [0.25, 0.3) is 11.0 Å².